The molecule has 46 heavy (non-hydrogen) atoms. The predicted molar refractivity (Wildman–Crippen MR) is 172 cm³/mol. The predicted octanol–water partition coefficient (Wildman–Crippen LogP) is 3.96. The van der Waals surface area contributed by atoms with E-state index in [1.54, 1.807) is 4.90 Å². The standard InChI is InChI=1S/C34H43N5O7/c1-23(2)29(40)15-17-44-18-16-35-30(41)13-14-31(42)38-21-25-9-5-6-10-26(25)34-33(27-11-7-8-12-28(27)38)36-37-39(34)22-32(43)46-20-19-45-24(3)4/h5-12,23-24H,13-22H2,1-4H3,(H,35,41). The third-order valence-electron chi connectivity index (χ3n) is 7.43. The Bertz CT molecular complexity index is 1520. The smallest absolute Gasteiger partial charge is 0.327 e. The molecular weight excluding hydrogens is 590 g/mol. The van der Waals surface area contributed by atoms with E-state index in [1.807, 2.05) is 76.2 Å². The molecule has 1 aromatic heterocycles. The van der Waals surface area contributed by atoms with Gasteiger partial charge in [0, 0.05) is 42.9 Å². The van der Waals surface area contributed by atoms with Crippen molar-refractivity contribution >= 4 is 29.3 Å². The number of hydrogen-bond donors (Lipinski definition) is 1. The van der Waals surface area contributed by atoms with Gasteiger partial charge in [-0.25, -0.2) is 4.68 Å². The zero-order valence-electron chi connectivity index (χ0n) is 27.0. The van der Waals surface area contributed by atoms with Crippen LogP contribution in [-0.2, 0) is 46.5 Å². The maximum atomic E-state index is 13.7. The van der Waals surface area contributed by atoms with Gasteiger partial charge in [-0.15, -0.1) is 5.10 Å². The Kier molecular flexibility index (Phi) is 12.6. The minimum absolute atomic E-state index is 0.00199. The summed E-state index contributed by atoms with van der Waals surface area (Å²) in [4.78, 5) is 52.3. The first-order valence-electron chi connectivity index (χ1n) is 15.7. The van der Waals surface area contributed by atoms with Gasteiger partial charge in [-0.1, -0.05) is 61.5 Å². The number of hydrogen-bond acceptors (Lipinski definition) is 9. The van der Waals surface area contributed by atoms with Gasteiger partial charge in [-0.05, 0) is 25.5 Å². The van der Waals surface area contributed by atoms with E-state index in [-0.39, 0.29) is 68.8 Å². The summed E-state index contributed by atoms with van der Waals surface area (Å²) >= 11 is 0. The lowest BCUT2D eigenvalue weighted by molar-refractivity contribution is -0.146. The van der Waals surface area contributed by atoms with Crippen LogP contribution in [0.15, 0.2) is 48.5 Å². The Morgan fingerprint density at radius 1 is 0.870 bits per heavy atom. The average molecular weight is 634 g/mol. The van der Waals surface area contributed by atoms with E-state index in [9.17, 15) is 19.2 Å². The fourth-order valence-electron chi connectivity index (χ4n) is 5.03. The van der Waals surface area contributed by atoms with Gasteiger partial charge in [-0.2, -0.15) is 0 Å². The molecule has 2 aromatic carbocycles. The highest BCUT2D eigenvalue weighted by Gasteiger charge is 2.29. The molecule has 0 radical (unpaired) electrons. The van der Waals surface area contributed by atoms with Crippen LogP contribution < -0.4 is 10.2 Å². The Labute approximate surface area is 269 Å². The first kappa shape index (κ1) is 34.5. The van der Waals surface area contributed by atoms with Crippen molar-refractivity contribution in [3.05, 3.63) is 54.1 Å². The molecule has 0 saturated heterocycles. The van der Waals surface area contributed by atoms with Crippen LogP contribution in [0.5, 0.6) is 0 Å². The Hall–Kier alpha value is -4.42. The Morgan fingerprint density at radius 2 is 1.61 bits per heavy atom. The number of rotatable bonds is 16. The number of fused-ring (bicyclic) bond motifs is 5. The highest BCUT2D eigenvalue weighted by atomic mass is 16.6. The molecule has 1 aliphatic heterocycles. The number of nitrogens with zero attached hydrogens (tertiary/aromatic N) is 4. The lowest BCUT2D eigenvalue weighted by Gasteiger charge is -2.28. The molecule has 3 aromatic rings. The van der Waals surface area contributed by atoms with Crippen molar-refractivity contribution < 1.29 is 33.4 Å². The summed E-state index contributed by atoms with van der Waals surface area (Å²) < 4.78 is 17.8. The molecule has 0 bridgehead atoms. The van der Waals surface area contributed by atoms with Crippen LogP contribution in [0, 0.1) is 5.92 Å². The monoisotopic (exact) mass is 633 g/mol. The fraction of sp³-hybridized carbons (Fsp3) is 0.471. The van der Waals surface area contributed by atoms with E-state index in [1.165, 1.54) is 4.68 Å². The molecule has 246 valence electrons. The summed E-state index contributed by atoms with van der Waals surface area (Å²) in [5.41, 5.74) is 4.13. The second kappa shape index (κ2) is 16.8. The van der Waals surface area contributed by atoms with E-state index < -0.39 is 5.97 Å². The highest BCUT2D eigenvalue weighted by molar-refractivity contribution is 6.01. The summed E-state index contributed by atoms with van der Waals surface area (Å²) in [5.74, 6) is -0.828. The van der Waals surface area contributed by atoms with E-state index >= 15 is 0 Å². The van der Waals surface area contributed by atoms with E-state index in [0.29, 0.717) is 48.8 Å². The van der Waals surface area contributed by atoms with E-state index in [0.717, 1.165) is 11.1 Å². The van der Waals surface area contributed by atoms with Crippen molar-refractivity contribution in [2.45, 2.75) is 66.2 Å². The second-order valence-electron chi connectivity index (χ2n) is 11.6. The van der Waals surface area contributed by atoms with Crippen molar-refractivity contribution in [3.8, 4) is 22.5 Å². The molecule has 2 heterocycles. The van der Waals surface area contributed by atoms with Gasteiger partial charge in [0.05, 0.1) is 43.9 Å². The molecule has 2 amide bonds. The van der Waals surface area contributed by atoms with Crippen LogP contribution >= 0.6 is 0 Å². The first-order chi connectivity index (χ1) is 22.2. The largest absolute Gasteiger partial charge is 0.462 e. The summed E-state index contributed by atoms with van der Waals surface area (Å²) in [6, 6.07) is 15.0. The number of ether oxygens (including phenoxy) is 3. The molecule has 0 fully saturated rings. The lowest BCUT2D eigenvalue weighted by atomic mass is 9.95. The quantitative estimate of drug-likeness (QED) is 0.183. The molecule has 12 nitrogen and oxygen atoms in total. The summed E-state index contributed by atoms with van der Waals surface area (Å²) in [5, 5.41) is 11.6. The van der Waals surface area contributed by atoms with Crippen LogP contribution in [0.25, 0.3) is 22.5 Å². The zero-order valence-corrected chi connectivity index (χ0v) is 27.0. The highest BCUT2D eigenvalue weighted by Crippen LogP contribution is 2.41. The number of aromatic nitrogens is 3. The number of para-hydroxylation sites is 1. The number of esters is 1. The zero-order chi connectivity index (χ0) is 33.1. The fourth-order valence-corrected chi connectivity index (χ4v) is 5.03. The maximum absolute atomic E-state index is 13.7. The van der Waals surface area contributed by atoms with Crippen LogP contribution in [-0.4, -0.2) is 77.6 Å². The molecule has 12 heteroatoms. The number of amides is 2. The van der Waals surface area contributed by atoms with Crippen LogP contribution in [0.1, 0.15) is 52.5 Å². The summed E-state index contributed by atoms with van der Waals surface area (Å²) in [6.07, 6.45) is 0.395. The topological polar surface area (TPSA) is 142 Å². The van der Waals surface area contributed by atoms with Crippen LogP contribution in [0.2, 0.25) is 0 Å². The SMILES string of the molecule is CC(C)OCCOC(=O)Cn1nnc2c1-c1ccccc1CN(C(=O)CCC(=O)NCCOCCC(=O)C(C)C)c1ccccc1-2. The minimum atomic E-state index is -0.462. The van der Waals surface area contributed by atoms with Gasteiger partial charge in [-0.3, -0.25) is 19.2 Å². The molecule has 4 rings (SSSR count). The molecule has 1 aliphatic rings. The second-order valence-corrected chi connectivity index (χ2v) is 11.6. The van der Waals surface area contributed by atoms with Gasteiger partial charge in [0.25, 0.3) is 0 Å². The van der Waals surface area contributed by atoms with Crippen molar-refractivity contribution in [1.29, 1.82) is 0 Å². The first-order valence-corrected chi connectivity index (χ1v) is 15.7. The Morgan fingerprint density at radius 3 is 2.37 bits per heavy atom. The number of carbonyl (C=O) groups excluding carboxylic acids is 4. The number of nitrogens with one attached hydrogen (secondary N) is 1. The number of anilines is 1. The summed E-state index contributed by atoms with van der Waals surface area (Å²) in [6.45, 7) is 8.97. The molecule has 0 spiro atoms. The maximum Gasteiger partial charge on any atom is 0.327 e. The molecule has 0 saturated carbocycles. The average Bonchev–Trinajstić information content (AvgIpc) is 3.43. The van der Waals surface area contributed by atoms with Gasteiger partial charge >= 0.3 is 5.97 Å². The van der Waals surface area contributed by atoms with Crippen LogP contribution in [0.4, 0.5) is 5.69 Å². The molecule has 0 unspecified atom stereocenters. The van der Waals surface area contributed by atoms with Gasteiger partial charge in [0.15, 0.2) is 0 Å². The van der Waals surface area contributed by atoms with E-state index in [4.69, 9.17) is 14.2 Å². The van der Waals surface area contributed by atoms with Crippen LogP contribution in [0.3, 0.4) is 0 Å². The minimum Gasteiger partial charge on any atom is -0.462 e. The van der Waals surface area contributed by atoms with Gasteiger partial charge in [0.1, 0.15) is 24.6 Å². The third-order valence-corrected chi connectivity index (χ3v) is 7.43. The number of benzene rings is 2. The summed E-state index contributed by atoms with van der Waals surface area (Å²) in [7, 11) is 0. The molecular formula is C34H43N5O7. The Balaban J connectivity index is 1.45. The molecule has 0 aliphatic carbocycles. The van der Waals surface area contributed by atoms with Crippen molar-refractivity contribution in [2.75, 3.05) is 37.9 Å². The van der Waals surface area contributed by atoms with Crippen molar-refractivity contribution in [1.82, 2.24) is 20.3 Å². The third kappa shape index (κ3) is 9.30. The molecule has 1 N–H and O–H groups in total. The van der Waals surface area contributed by atoms with Gasteiger partial charge < -0.3 is 24.4 Å². The van der Waals surface area contributed by atoms with E-state index in [2.05, 4.69) is 15.6 Å². The lowest BCUT2D eigenvalue weighted by Crippen LogP contribution is -2.34. The van der Waals surface area contributed by atoms with Crippen molar-refractivity contribution in [3.63, 3.8) is 0 Å². The number of Topliss-reactive ketones (excluding diaryl/α,β-unsaturated/α-hetero) is 1. The normalized spacial score (nSPS) is 12.2. The number of ketones is 1. The number of carbonyl (C=O) groups is 4. The van der Waals surface area contributed by atoms with Gasteiger partial charge in [0.2, 0.25) is 11.8 Å². The van der Waals surface area contributed by atoms with Crippen molar-refractivity contribution in [2.24, 2.45) is 5.92 Å². The molecule has 0 atom stereocenters.